The van der Waals surface area contributed by atoms with Gasteiger partial charge in [-0.1, -0.05) is 33.1 Å². The highest BCUT2D eigenvalue weighted by molar-refractivity contribution is 5.85. The zero-order chi connectivity index (χ0) is 4.12. The quantitative estimate of drug-likeness (QED) is 0.491. The summed E-state index contributed by atoms with van der Waals surface area (Å²) in [5.74, 6) is 0. The van der Waals surface area contributed by atoms with Crippen LogP contribution in [-0.4, -0.2) is 0 Å². The molecule has 0 aliphatic heterocycles. The number of hydrogen-bond acceptors (Lipinski definition) is 0. The minimum atomic E-state index is 0. The highest BCUT2D eigenvalue weighted by Gasteiger charge is 1.95. The molecule has 48 valence electrons. The molecule has 1 aliphatic carbocycles. The Morgan fingerprint density at radius 1 is 0.714 bits per heavy atom. The molecular formula is C5H14Cl2. The molecule has 0 spiro atoms. The maximum Gasteiger partial charge on any atom is -0.0533 e. The van der Waals surface area contributed by atoms with Crippen molar-refractivity contribution in [3.63, 3.8) is 0 Å². The summed E-state index contributed by atoms with van der Waals surface area (Å²) < 4.78 is 0. The van der Waals surface area contributed by atoms with Crippen molar-refractivity contribution in [3.8, 4) is 0 Å². The maximum atomic E-state index is 2.00. The van der Waals surface area contributed by atoms with Crippen LogP contribution in [0.1, 0.15) is 33.1 Å². The first-order chi connectivity index (χ1) is 2.50. The molecule has 0 radical (unpaired) electrons. The van der Waals surface area contributed by atoms with E-state index in [1.165, 1.54) is 19.3 Å². The van der Waals surface area contributed by atoms with Crippen molar-refractivity contribution in [3.05, 3.63) is 0 Å². The van der Waals surface area contributed by atoms with E-state index in [0.717, 1.165) is 0 Å². The van der Waals surface area contributed by atoms with Crippen LogP contribution in [0.3, 0.4) is 0 Å². The van der Waals surface area contributed by atoms with Crippen molar-refractivity contribution in [2.45, 2.75) is 33.1 Å². The highest BCUT2D eigenvalue weighted by Crippen LogP contribution is 2.14. The van der Waals surface area contributed by atoms with Gasteiger partial charge in [0.05, 0.1) is 0 Å². The summed E-state index contributed by atoms with van der Waals surface area (Å²) >= 11 is 0. The molecule has 0 nitrogen and oxygen atoms in total. The Hall–Kier alpha value is 0.580. The van der Waals surface area contributed by atoms with Gasteiger partial charge in [0.15, 0.2) is 0 Å². The molecule has 0 N–H and O–H groups in total. The van der Waals surface area contributed by atoms with Crippen LogP contribution in [0.15, 0.2) is 0 Å². The van der Waals surface area contributed by atoms with E-state index in [4.69, 9.17) is 0 Å². The minimum absolute atomic E-state index is 0. The lowest BCUT2D eigenvalue weighted by Gasteiger charge is -1.07. The van der Waals surface area contributed by atoms with Gasteiger partial charge in [-0.15, -0.1) is 24.8 Å². The molecule has 1 saturated carbocycles. The van der Waals surface area contributed by atoms with Gasteiger partial charge in [0, 0.05) is 0 Å². The van der Waals surface area contributed by atoms with E-state index in [0.29, 0.717) is 0 Å². The summed E-state index contributed by atoms with van der Waals surface area (Å²) in [6, 6.07) is 0. The molecule has 2 heteroatoms. The molecule has 7 heavy (non-hydrogen) atoms. The van der Waals surface area contributed by atoms with E-state index in [-0.39, 0.29) is 24.8 Å². The second kappa shape index (κ2) is 16.0. The minimum Gasteiger partial charge on any atom is -0.147 e. The third kappa shape index (κ3) is 55.3. The van der Waals surface area contributed by atoms with Gasteiger partial charge in [-0.3, -0.25) is 0 Å². The molecule has 0 bridgehead atoms. The summed E-state index contributed by atoms with van der Waals surface area (Å²) in [6.07, 6.45) is 4.50. The second-order valence-corrected chi connectivity index (χ2v) is 1.06. The SMILES string of the molecule is C1CC1.CC.Cl.Cl. The van der Waals surface area contributed by atoms with Crippen molar-refractivity contribution in [1.82, 2.24) is 0 Å². The lowest BCUT2D eigenvalue weighted by molar-refractivity contribution is 1.50. The van der Waals surface area contributed by atoms with Crippen molar-refractivity contribution in [2.24, 2.45) is 0 Å². The molecule has 0 aromatic carbocycles. The Kier molecular flexibility index (Phi) is 35.7. The van der Waals surface area contributed by atoms with Crippen molar-refractivity contribution in [2.75, 3.05) is 0 Å². The molecular weight excluding hydrogens is 131 g/mol. The fourth-order valence-electron chi connectivity index (χ4n) is 0. The van der Waals surface area contributed by atoms with Gasteiger partial charge in [0.1, 0.15) is 0 Å². The molecule has 0 amide bonds. The summed E-state index contributed by atoms with van der Waals surface area (Å²) in [5.41, 5.74) is 0. The van der Waals surface area contributed by atoms with Crippen LogP contribution in [0.25, 0.3) is 0 Å². The first-order valence-corrected chi connectivity index (χ1v) is 2.50. The first-order valence-electron chi connectivity index (χ1n) is 2.50. The third-order valence-electron chi connectivity index (χ3n) is 0.354. The van der Waals surface area contributed by atoms with Gasteiger partial charge in [-0.05, 0) is 0 Å². The molecule has 0 heterocycles. The lowest BCUT2D eigenvalue weighted by atomic mass is 11.0. The molecule has 1 rings (SSSR count). The molecule has 0 unspecified atom stereocenters. The standard InChI is InChI=1S/C3H6.C2H6.2ClH/c1-2-3-1;1-2;;/h1-3H2;1-2H3;2*1H. The Bertz CT molecular complexity index is 10.8. The van der Waals surface area contributed by atoms with Gasteiger partial charge >= 0.3 is 0 Å². The monoisotopic (exact) mass is 144 g/mol. The Morgan fingerprint density at radius 3 is 0.857 bits per heavy atom. The molecule has 1 fully saturated rings. The van der Waals surface area contributed by atoms with Crippen molar-refractivity contribution >= 4 is 24.8 Å². The van der Waals surface area contributed by atoms with E-state index < -0.39 is 0 Å². The largest absolute Gasteiger partial charge is 0.147 e. The third-order valence-corrected chi connectivity index (χ3v) is 0.354. The van der Waals surface area contributed by atoms with E-state index in [1.54, 1.807) is 0 Å². The average molecular weight is 145 g/mol. The molecule has 0 aromatic rings. The van der Waals surface area contributed by atoms with Crippen LogP contribution in [-0.2, 0) is 0 Å². The second-order valence-electron chi connectivity index (χ2n) is 1.06. The molecule has 0 atom stereocenters. The molecule has 0 aromatic heterocycles. The Labute approximate surface area is 58.5 Å². The van der Waals surface area contributed by atoms with E-state index in [1.807, 2.05) is 13.8 Å². The van der Waals surface area contributed by atoms with Crippen LogP contribution in [0.5, 0.6) is 0 Å². The Morgan fingerprint density at radius 2 is 0.857 bits per heavy atom. The van der Waals surface area contributed by atoms with Gasteiger partial charge in [-0.2, -0.15) is 0 Å². The predicted molar refractivity (Wildman–Crippen MR) is 39.7 cm³/mol. The van der Waals surface area contributed by atoms with Gasteiger partial charge in [0.2, 0.25) is 0 Å². The topological polar surface area (TPSA) is 0 Å². The van der Waals surface area contributed by atoms with Crippen LogP contribution in [0, 0.1) is 0 Å². The summed E-state index contributed by atoms with van der Waals surface area (Å²) in [6.45, 7) is 4.00. The zero-order valence-electron chi connectivity index (χ0n) is 4.94. The summed E-state index contributed by atoms with van der Waals surface area (Å²) in [4.78, 5) is 0. The maximum absolute atomic E-state index is 2.00. The smallest absolute Gasteiger partial charge is 0.0533 e. The van der Waals surface area contributed by atoms with Crippen LogP contribution in [0.2, 0.25) is 0 Å². The van der Waals surface area contributed by atoms with Crippen molar-refractivity contribution < 1.29 is 0 Å². The van der Waals surface area contributed by atoms with E-state index >= 15 is 0 Å². The zero-order valence-corrected chi connectivity index (χ0v) is 6.57. The van der Waals surface area contributed by atoms with Crippen LogP contribution < -0.4 is 0 Å². The Balaban J connectivity index is -0.0000000380. The van der Waals surface area contributed by atoms with Crippen LogP contribution >= 0.6 is 24.8 Å². The predicted octanol–water partition coefficient (Wildman–Crippen LogP) is 3.04. The van der Waals surface area contributed by atoms with Crippen LogP contribution in [0.4, 0.5) is 0 Å². The number of rotatable bonds is 0. The lowest BCUT2D eigenvalue weighted by Crippen LogP contribution is -0.856. The summed E-state index contributed by atoms with van der Waals surface area (Å²) in [7, 11) is 0. The van der Waals surface area contributed by atoms with E-state index in [9.17, 15) is 0 Å². The normalized spacial score (nSPS) is 11.1. The number of halogens is 2. The highest BCUT2D eigenvalue weighted by atomic mass is 35.5. The fraction of sp³-hybridized carbons (Fsp3) is 1.00. The average Bonchev–Trinajstić information content (AvgIpc) is 2.19. The van der Waals surface area contributed by atoms with Gasteiger partial charge in [0.25, 0.3) is 0 Å². The molecule has 0 saturated heterocycles. The number of hydrogen-bond donors (Lipinski definition) is 0. The molecule has 1 aliphatic rings. The van der Waals surface area contributed by atoms with Gasteiger partial charge in [-0.25, -0.2) is 0 Å². The summed E-state index contributed by atoms with van der Waals surface area (Å²) in [5, 5.41) is 0. The van der Waals surface area contributed by atoms with E-state index in [2.05, 4.69) is 0 Å². The first kappa shape index (κ1) is 15.6. The van der Waals surface area contributed by atoms with Crippen molar-refractivity contribution in [1.29, 1.82) is 0 Å². The van der Waals surface area contributed by atoms with Gasteiger partial charge < -0.3 is 0 Å². The fourth-order valence-corrected chi connectivity index (χ4v) is 0.